The predicted molar refractivity (Wildman–Crippen MR) is 109 cm³/mol. The minimum atomic E-state index is -3.07. The van der Waals surface area contributed by atoms with E-state index in [1.807, 2.05) is 35.2 Å². The van der Waals surface area contributed by atoms with Crippen LogP contribution in [0.2, 0.25) is 0 Å². The van der Waals surface area contributed by atoms with Gasteiger partial charge in [-0.25, -0.2) is 8.42 Å². The number of aliphatic imine (C=N–C) groups is 1. The van der Waals surface area contributed by atoms with Gasteiger partial charge in [0.15, 0.2) is 15.0 Å². The maximum atomic E-state index is 12.5. The third-order valence-corrected chi connectivity index (χ3v) is 8.13. The maximum Gasteiger partial charge on any atom is 0.279 e. The molecule has 2 aliphatic rings. The first-order chi connectivity index (χ1) is 12.4. The number of fused-ring (bicyclic) bond motifs is 1. The Kier molecular flexibility index (Phi) is 4.66. The lowest BCUT2D eigenvalue weighted by Crippen LogP contribution is -2.37. The van der Waals surface area contributed by atoms with Crippen LogP contribution in [-0.2, 0) is 9.84 Å². The number of anilines is 1. The van der Waals surface area contributed by atoms with Crippen molar-refractivity contribution in [2.24, 2.45) is 4.99 Å². The van der Waals surface area contributed by atoms with Crippen LogP contribution in [-0.4, -0.2) is 42.3 Å². The molecule has 0 N–H and O–H groups in total. The molecule has 2 fully saturated rings. The van der Waals surface area contributed by atoms with Gasteiger partial charge in [-0.15, -0.1) is 0 Å². The van der Waals surface area contributed by atoms with Crippen molar-refractivity contribution in [2.45, 2.75) is 11.3 Å². The Bertz CT molecular complexity index is 975. The van der Waals surface area contributed by atoms with E-state index in [2.05, 4.69) is 20.9 Å². The largest absolute Gasteiger partial charge is 0.316 e. The average molecular weight is 451 g/mol. The van der Waals surface area contributed by atoms with Crippen molar-refractivity contribution in [1.82, 2.24) is 0 Å². The number of amides is 1. The van der Waals surface area contributed by atoms with Crippen LogP contribution in [0.5, 0.6) is 0 Å². The second kappa shape index (κ2) is 6.83. The summed E-state index contributed by atoms with van der Waals surface area (Å²) in [4.78, 5) is 18.7. The van der Waals surface area contributed by atoms with Crippen molar-refractivity contribution in [1.29, 1.82) is 0 Å². The lowest BCUT2D eigenvalue weighted by Gasteiger charge is -2.24. The molecule has 5 nitrogen and oxygen atoms in total. The van der Waals surface area contributed by atoms with Crippen LogP contribution in [0.1, 0.15) is 10.4 Å². The summed E-state index contributed by atoms with van der Waals surface area (Å²) in [6.07, 6.45) is 0. The summed E-state index contributed by atoms with van der Waals surface area (Å²) < 4.78 is 25.1. The van der Waals surface area contributed by atoms with Gasteiger partial charge in [0.25, 0.3) is 5.91 Å². The van der Waals surface area contributed by atoms with Crippen LogP contribution >= 0.6 is 27.7 Å². The Morgan fingerprint density at radius 1 is 1.08 bits per heavy atom. The monoisotopic (exact) mass is 450 g/mol. The van der Waals surface area contributed by atoms with Gasteiger partial charge in [0, 0.05) is 21.0 Å². The standard InChI is InChI=1S/C18H15BrN2O3S2/c19-13-6-8-14(9-7-13)21-15-10-26(23,24)11-16(15)25-18(21)20-17(22)12-4-2-1-3-5-12/h1-9,15-16H,10-11H2/t15-,16-/m1/s1. The van der Waals surface area contributed by atoms with Crippen molar-refractivity contribution in [2.75, 3.05) is 16.4 Å². The van der Waals surface area contributed by atoms with Gasteiger partial charge in [0.2, 0.25) is 0 Å². The molecule has 2 aliphatic heterocycles. The minimum Gasteiger partial charge on any atom is -0.316 e. The average Bonchev–Trinajstić information content (AvgIpc) is 3.07. The molecule has 26 heavy (non-hydrogen) atoms. The SMILES string of the molecule is O=C(N=C1S[C@@H]2CS(=O)(=O)C[C@H]2N1c1ccc(Br)cc1)c1ccccc1. The predicted octanol–water partition coefficient (Wildman–Crippen LogP) is 3.36. The number of nitrogens with zero attached hydrogens (tertiary/aromatic N) is 2. The maximum absolute atomic E-state index is 12.5. The van der Waals surface area contributed by atoms with Crippen LogP contribution in [0.4, 0.5) is 5.69 Å². The number of sulfone groups is 1. The summed E-state index contributed by atoms with van der Waals surface area (Å²) in [5.74, 6) is -0.120. The molecule has 2 aromatic rings. The van der Waals surface area contributed by atoms with E-state index in [1.54, 1.807) is 24.3 Å². The molecule has 0 spiro atoms. The molecule has 0 aliphatic carbocycles. The quantitative estimate of drug-likeness (QED) is 0.701. The number of thioether (sulfide) groups is 1. The summed E-state index contributed by atoms with van der Waals surface area (Å²) >= 11 is 4.79. The molecule has 134 valence electrons. The first kappa shape index (κ1) is 17.8. The first-order valence-electron chi connectivity index (χ1n) is 8.03. The van der Waals surface area contributed by atoms with Crippen LogP contribution in [0.25, 0.3) is 0 Å². The van der Waals surface area contributed by atoms with Crippen molar-refractivity contribution in [3.63, 3.8) is 0 Å². The van der Waals surface area contributed by atoms with E-state index in [4.69, 9.17) is 0 Å². The van der Waals surface area contributed by atoms with E-state index in [0.29, 0.717) is 10.7 Å². The van der Waals surface area contributed by atoms with E-state index in [9.17, 15) is 13.2 Å². The zero-order valence-electron chi connectivity index (χ0n) is 13.6. The summed E-state index contributed by atoms with van der Waals surface area (Å²) in [7, 11) is -3.07. The summed E-state index contributed by atoms with van der Waals surface area (Å²) in [5, 5.41) is 0.456. The van der Waals surface area contributed by atoms with Crippen molar-refractivity contribution < 1.29 is 13.2 Å². The highest BCUT2D eigenvalue weighted by molar-refractivity contribution is 9.10. The molecule has 2 heterocycles. The topological polar surface area (TPSA) is 66.8 Å². The second-order valence-electron chi connectivity index (χ2n) is 6.21. The van der Waals surface area contributed by atoms with Crippen LogP contribution < -0.4 is 4.90 Å². The van der Waals surface area contributed by atoms with Gasteiger partial charge in [-0.3, -0.25) is 4.79 Å². The Labute approximate surface area is 164 Å². The molecule has 2 atom stereocenters. The molecule has 0 saturated carbocycles. The number of carbonyl (C=O) groups is 1. The molecule has 1 amide bonds. The molecule has 0 unspecified atom stereocenters. The Hall–Kier alpha value is -1.64. The fourth-order valence-corrected chi connectivity index (χ4v) is 7.38. The smallest absolute Gasteiger partial charge is 0.279 e. The number of benzene rings is 2. The van der Waals surface area contributed by atoms with E-state index in [-0.39, 0.29) is 28.7 Å². The van der Waals surface area contributed by atoms with Gasteiger partial charge in [-0.1, -0.05) is 45.9 Å². The van der Waals surface area contributed by atoms with E-state index < -0.39 is 9.84 Å². The summed E-state index contributed by atoms with van der Waals surface area (Å²) in [5.41, 5.74) is 1.35. The zero-order valence-corrected chi connectivity index (χ0v) is 16.8. The van der Waals surface area contributed by atoms with Gasteiger partial charge in [0.05, 0.1) is 17.5 Å². The zero-order chi connectivity index (χ0) is 18.3. The molecule has 2 aromatic carbocycles. The number of halogens is 1. The Morgan fingerprint density at radius 2 is 1.77 bits per heavy atom. The lowest BCUT2D eigenvalue weighted by molar-refractivity contribution is 0.100. The molecule has 4 rings (SSSR count). The minimum absolute atomic E-state index is 0.0826. The molecular formula is C18H15BrN2O3S2. The normalized spacial score (nSPS) is 25.4. The molecule has 2 saturated heterocycles. The molecule has 0 radical (unpaired) electrons. The number of rotatable bonds is 2. The van der Waals surface area contributed by atoms with Gasteiger partial charge >= 0.3 is 0 Å². The summed E-state index contributed by atoms with van der Waals surface area (Å²) in [6.45, 7) is 0. The van der Waals surface area contributed by atoms with Gasteiger partial charge < -0.3 is 4.90 Å². The fraction of sp³-hybridized carbons (Fsp3) is 0.222. The fourth-order valence-electron chi connectivity index (χ4n) is 3.20. The summed E-state index contributed by atoms with van der Waals surface area (Å²) in [6, 6.07) is 16.3. The van der Waals surface area contributed by atoms with Gasteiger partial charge in [-0.05, 0) is 36.4 Å². The van der Waals surface area contributed by atoms with Crippen LogP contribution in [0.15, 0.2) is 64.1 Å². The number of carbonyl (C=O) groups excluding carboxylic acids is 1. The number of amidine groups is 1. The van der Waals surface area contributed by atoms with E-state index in [0.717, 1.165) is 10.2 Å². The Balaban J connectivity index is 1.72. The van der Waals surface area contributed by atoms with Crippen molar-refractivity contribution in [3.8, 4) is 0 Å². The van der Waals surface area contributed by atoms with Crippen molar-refractivity contribution in [3.05, 3.63) is 64.6 Å². The second-order valence-corrected chi connectivity index (χ2v) is 10.5. The third kappa shape index (κ3) is 3.45. The van der Waals surface area contributed by atoms with E-state index >= 15 is 0 Å². The molecule has 0 bridgehead atoms. The lowest BCUT2D eigenvalue weighted by atomic mass is 10.2. The van der Waals surface area contributed by atoms with E-state index in [1.165, 1.54) is 11.8 Å². The van der Waals surface area contributed by atoms with Gasteiger partial charge in [0.1, 0.15) is 0 Å². The van der Waals surface area contributed by atoms with Gasteiger partial charge in [-0.2, -0.15) is 4.99 Å². The highest BCUT2D eigenvalue weighted by Crippen LogP contribution is 2.41. The highest BCUT2D eigenvalue weighted by Gasteiger charge is 2.49. The third-order valence-electron chi connectivity index (χ3n) is 4.39. The molecule has 8 heteroatoms. The van der Waals surface area contributed by atoms with Crippen molar-refractivity contribution >= 4 is 54.3 Å². The number of hydrogen-bond acceptors (Lipinski definition) is 4. The molecular weight excluding hydrogens is 436 g/mol. The Morgan fingerprint density at radius 3 is 2.46 bits per heavy atom. The molecule has 0 aromatic heterocycles. The van der Waals surface area contributed by atoms with Crippen LogP contribution in [0.3, 0.4) is 0 Å². The first-order valence-corrected chi connectivity index (χ1v) is 11.5. The highest BCUT2D eigenvalue weighted by atomic mass is 79.9. The number of hydrogen-bond donors (Lipinski definition) is 0. The van der Waals surface area contributed by atoms with Crippen LogP contribution in [0, 0.1) is 0 Å².